The minimum absolute atomic E-state index is 0.314. The number of hydrogen-bond donors (Lipinski definition) is 0. The predicted octanol–water partition coefficient (Wildman–Crippen LogP) is 5.24. The highest BCUT2D eigenvalue weighted by molar-refractivity contribution is 5.90. The quantitative estimate of drug-likeness (QED) is 0.339. The van der Waals surface area contributed by atoms with Gasteiger partial charge < -0.3 is 9.47 Å². The number of rotatable bonds is 10. The number of aromatic nitrogens is 3. The summed E-state index contributed by atoms with van der Waals surface area (Å²) in [5, 5.41) is 8.92. The summed E-state index contributed by atoms with van der Waals surface area (Å²) in [5.74, 6) is 0.477. The Morgan fingerprint density at radius 2 is 1.70 bits per heavy atom. The summed E-state index contributed by atoms with van der Waals surface area (Å²) in [6.07, 6.45) is 5.53. The molecule has 1 aromatic heterocycles. The Morgan fingerprint density at radius 3 is 2.33 bits per heavy atom. The minimum atomic E-state index is -0.314. The Bertz CT molecular complexity index is 947. The molecule has 0 bridgehead atoms. The first-order valence-corrected chi connectivity index (χ1v) is 10.5. The van der Waals surface area contributed by atoms with Crippen molar-refractivity contribution in [2.45, 2.75) is 46.0 Å². The Labute approximate surface area is 177 Å². The molecule has 0 aliphatic rings. The zero-order chi connectivity index (χ0) is 21.3. The topological polar surface area (TPSA) is 66.2 Å². The largest absolute Gasteiger partial charge is 0.497 e. The van der Waals surface area contributed by atoms with Crippen LogP contribution in [0.3, 0.4) is 0 Å². The second kappa shape index (κ2) is 10.6. The van der Waals surface area contributed by atoms with Gasteiger partial charge in [-0.1, -0.05) is 43.5 Å². The van der Waals surface area contributed by atoms with Gasteiger partial charge in [0, 0.05) is 5.56 Å². The molecule has 0 radical (unpaired) electrons. The first-order valence-electron chi connectivity index (χ1n) is 10.5. The van der Waals surface area contributed by atoms with Gasteiger partial charge in [-0.25, -0.2) is 9.48 Å². The van der Waals surface area contributed by atoms with Crippen molar-refractivity contribution in [2.24, 2.45) is 0 Å². The zero-order valence-electron chi connectivity index (χ0n) is 17.9. The SMILES string of the molecule is CCCCCCc1nnn(-c2ccc(OC)cc2)c1-c1ccc(C(=O)OCC)cc1. The minimum Gasteiger partial charge on any atom is -0.497 e. The number of esters is 1. The van der Waals surface area contributed by atoms with Crippen LogP contribution in [-0.2, 0) is 11.2 Å². The van der Waals surface area contributed by atoms with Gasteiger partial charge in [0.15, 0.2) is 0 Å². The van der Waals surface area contributed by atoms with E-state index < -0.39 is 0 Å². The van der Waals surface area contributed by atoms with Gasteiger partial charge in [-0.05, 0) is 56.2 Å². The lowest BCUT2D eigenvalue weighted by molar-refractivity contribution is 0.0526. The number of nitrogens with zero attached hydrogens (tertiary/aromatic N) is 3. The van der Waals surface area contributed by atoms with Crippen LogP contribution in [0, 0.1) is 0 Å². The Hall–Kier alpha value is -3.15. The fraction of sp³-hybridized carbons (Fsp3) is 0.375. The monoisotopic (exact) mass is 407 g/mol. The molecule has 1 heterocycles. The van der Waals surface area contributed by atoms with Crippen molar-refractivity contribution in [3.8, 4) is 22.7 Å². The van der Waals surface area contributed by atoms with Crippen molar-refractivity contribution in [3.05, 3.63) is 59.8 Å². The van der Waals surface area contributed by atoms with Gasteiger partial charge >= 0.3 is 5.97 Å². The highest BCUT2D eigenvalue weighted by atomic mass is 16.5. The number of carbonyl (C=O) groups excluding carboxylic acids is 1. The van der Waals surface area contributed by atoms with Crippen LogP contribution in [0.4, 0.5) is 0 Å². The van der Waals surface area contributed by atoms with Gasteiger partial charge in [-0.2, -0.15) is 0 Å². The van der Waals surface area contributed by atoms with Crippen LogP contribution in [-0.4, -0.2) is 34.7 Å². The number of benzene rings is 2. The average Bonchev–Trinajstić information content (AvgIpc) is 3.21. The number of aryl methyl sites for hydroxylation is 1. The molecule has 30 heavy (non-hydrogen) atoms. The molecule has 0 N–H and O–H groups in total. The van der Waals surface area contributed by atoms with Crippen LogP contribution in [0.2, 0.25) is 0 Å². The summed E-state index contributed by atoms with van der Waals surface area (Å²) >= 11 is 0. The van der Waals surface area contributed by atoms with E-state index in [1.165, 1.54) is 19.3 Å². The van der Waals surface area contributed by atoms with Crippen molar-refractivity contribution in [1.29, 1.82) is 0 Å². The summed E-state index contributed by atoms with van der Waals surface area (Å²) < 4.78 is 12.2. The molecule has 0 aliphatic carbocycles. The molecule has 0 saturated heterocycles. The van der Waals surface area contributed by atoms with Crippen molar-refractivity contribution >= 4 is 5.97 Å². The molecule has 6 nitrogen and oxygen atoms in total. The van der Waals surface area contributed by atoms with Gasteiger partial charge in [0.2, 0.25) is 0 Å². The molecule has 0 aliphatic heterocycles. The third kappa shape index (κ3) is 5.06. The molecular weight excluding hydrogens is 378 g/mol. The zero-order valence-corrected chi connectivity index (χ0v) is 17.9. The van der Waals surface area contributed by atoms with Gasteiger partial charge in [0.1, 0.15) is 5.75 Å². The van der Waals surface area contributed by atoms with Gasteiger partial charge in [0.05, 0.1) is 36.4 Å². The second-order valence-corrected chi connectivity index (χ2v) is 7.10. The highest BCUT2D eigenvalue weighted by Gasteiger charge is 2.17. The molecular formula is C24H29N3O3. The maximum Gasteiger partial charge on any atom is 0.338 e. The smallest absolute Gasteiger partial charge is 0.338 e. The third-order valence-electron chi connectivity index (χ3n) is 4.99. The molecule has 0 saturated carbocycles. The van der Waals surface area contributed by atoms with Crippen LogP contribution in [0.15, 0.2) is 48.5 Å². The van der Waals surface area contributed by atoms with Crippen LogP contribution in [0.25, 0.3) is 16.9 Å². The summed E-state index contributed by atoms with van der Waals surface area (Å²) in [4.78, 5) is 12.0. The van der Waals surface area contributed by atoms with Gasteiger partial charge in [-0.15, -0.1) is 5.10 Å². The van der Waals surface area contributed by atoms with E-state index in [4.69, 9.17) is 9.47 Å². The normalized spacial score (nSPS) is 10.8. The van der Waals surface area contributed by atoms with Crippen molar-refractivity contribution < 1.29 is 14.3 Å². The van der Waals surface area contributed by atoms with Gasteiger partial charge in [-0.3, -0.25) is 0 Å². The summed E-state index contributed by atoms with van der Waals surface area (Å²) in [5.41, 5.74) is 4.33. The Kier molecular flexibility index (Phi) is 7.60. The Morgan fingerprint density at radius 1 is 0.967 bits per heavy atom. The van der Waals surface area contributed by atoms with E-state index in [1.54, 1.807) is 26.2 Å². The highest BCUT2D eigenvalue weighted by Crippen LogP contribution is 2.28. The lowest BCUT2D eigenvalue weighted by Crippen LogP contribution is -2.05. The maximum atomic E-state index is 12.0. The van der Waals surface area contributed by atoms with E-state index in [0.29, 0.717) is 12.2 Å². The van der Waals surface area contributed by atoms with E-state index in [-0.39, 0.29) is 5.97 Å². The fourth-order valence-corrected chi connectivity index (χ4v) is 3.37. The van der Waals surface area contributed by atoms with E-state index in [9.17, 15) is 4.79 Å². The molecule has 0 spiro atoms. The lowest BCUT2D eigenvalue weighted by Gasteiger charge is -2.10. The standard InChI is InChI=1S/C24H29N3O3/c1-4-6-7-8-9-22-23(18-10-12-19(13-11-18)24(28)30-5-2)27(26-25-22)20-14-16-21(29-3)17-15-20/h10-17H,4-9H2,1-3H3. The number of ether oxygens (including phenoxy) is 2. The summed E-state index contributed by atoms with van der Waals surface area (Å²) in [6.45, 7) is 4.36. The van der Waals surface area contributed by atoms with E-state index in [2.05, 4.69) is 17.2 Å². The molecule has 0 atom stereocenters. The van der Waals surface area contributed by atoms with Crippen molar-refractivity contribution in [1.82, 2.24) is 15.0 Å². The second-order valence-electron chi connectivity index (χ2n) is 7.10. The van der Waals surface area contributed by atoms with E-state index >= 15 is 0 Å². The molecule has 0 unspecified atom stereocenters. The van der Waals surface area contributed by atoms with E-state index in [1.807, 2.05) is 41.1 Å². The predicted molar refractivity (Wildman–Crippen MR) is 117 cm³/mol. The summed E-state index contributed by atoms with van der Waals surface area (Å²) in [7, 11) is 1.65. The van der Waals surface area contributed by atoms with Crippen LogP contribution in [0.5, 0.6) is 5.75 Å². The van der Waals surface area contributed by atoms with Crippen molar-refractivity contribution in [3.63, 3.8) is 0 Å². The number of hydrogen-bond acceptors (Lipinski definition) is 5. The van der Waals surface area contributed by atoms with Gasteiger partial charge in [0.25, 0.3) is 0 Å². The van der Waals surface area contributed by atoms with Crippen LogP contribution >= 0.6 is 0 Å². The van der Waals surface area contributed by atoms with Crippen LogP contribution < -0.4 is 4.74 Å². The lowest BCUT2D eigenvalue weighted by atomic mass is 10.0. The molecule has 3 aromatic rings. The number of unbranched alkanes of at least 4 members (excludes halogenated alkanes) is 3. The molecule has 0 amide bonds. The first kappa shape index (κ1) is 21.6. The molecule has 158 valence electrons. The molecule has 6 heteroatoms. The fourth-order valence-electron chi connectivity index (χ4n) is 3.37. The number of methoxy groups -OCH3 is 1. The maximum absolute atomic E-state index is 12.0. The van der Waals surface area contributed by atoms with Crippen LogP contribution in [0.1, 0.15) is 55.6 Å². The molecule has 3 rings (SSSR count). The Balaban J connectivity index is 1.96. The molecule has 2 aromatic carbocycles. The average molecular weight is 408 g/mol. The third-order valence-corrected chi connectivity index (χ3v) is 4.99. The number of carbonyl (C=O) groups is 1. The summed E-state index contributed by atoms with van der Waals surface area (Å²) in [6, 6.07) is 15.2. The molecule has 0 fully saturated rings. The van der Waals surface area contributed by atoms with Crippen molar-refractivity contribution in [2.75, 3.05) is 13.7 Å². The van der Waals surface area contributed by atoms with E-state index in [0.717, 1.165) is 41.2 Å². The first-order chi connectivity index (χ1) is 14.7.